The van der Waals surface area contributed by atoms with Gasteiger partial charge in [0.1, 0.15) is 0 Å². The van der Waals surface area contributed by atoms with E-state index in [1.165, 1.54) is 33.3 Å². The van der Waals surface area contributed by atoms with Crippen molar-refractivity contribution in [3.63, 3.8) is 0 Å². The minimum Gasteiger partial charge on any atom is -0.345 e. The van der Waals surface area contributed by atoms with Gasteiger partial charge in [0.15, 0.2) is 0 Å². The van der Waals surface area contributed by atoms with Gasteiger partial charge < -0.3 is 10.3 Å². The average molecular weight is 271 g/mol. The van der Waals surface area contributed by atoms with Gasteiger partial charge in [-0.1, -0.05) is 6.92 Å². The Balaban J connectivity index is 2.29. The molecule has 2 aromatic rings. The highest BCUT2D eigenvalue weighted by Crippen LogP contribution is 2.35. The second-order valence-electron chi connectivity index (χ2n) is 6.07. The van der Waals surface area contributed by atoms with Gasteiger partial charge in [-0.3, -0.25) is 4.90 Å². The molecule has 1 atom stereocenters. The minimum absolute atomic E-state index is 0.141. The molecule has 0 amide bonds. The van der Waals surface area contributed by atoms with Crippen LogP contribution >= 0.6 is 0 Å². The highest BCUT2D eigenvalue weighted by molar-refractivity contribution is 5.87. The molecule has 1 aliphatic heterocycles. The Bertz CT molecular complexity index is 654. The lowest BCUT2D eigenvalue weighted by atomic mass is 9.99. The first-order valence-corrected chi connectivity index (χ1v) is 7.65. The lowest BCUT2D eigenvalue weighted by molar-refractivity contribution is 0.353. The average Bonchev–Trinajstić information content (AvgIpc) is 2.90. The van der Waals surface area contributed by atoms with Crippen molar-refractivity contribution >= 4 is 10.9 Å². The monoisotopic (exact) mass is 271 g/mol. The summed E-state index contributed by atoms with van der Waals surface area (Å²) in [6, 6.07) is 4.91. The van der Waals surface area contributed by atoms with Crippen molar-refractivity contribution in [3.8, 4) is 0 Å². The highest BCUT2D eigenvalue weighted by atomic mass is 15.1. The van der Waals surface area contributed by atoms with E-state index in [1.54, 1.807) is 0 Å². The first-order valence-electron chi connectivity index (χ1n) is 7.65. The molecule has 3 rings (SSSR count). The molecule has 0 fully saturated rings. The number of hydrogen-bond donors (Lipinski definition) is 1. The van der Waals surface area contributed by atoms with E-state index in [0.717, 1.165) is 26.1 Å². The van der Waals surface area contributed by atoms with Gasteiger partial charge in [0.2, 0.25) is 0 Å². The molecule has 3 heteroatoms. The van der Waals surface area contributed by atoms with Crippen LogP contribution in [-0.2, 0) is 19.6 Å². The summed E-state index contributed by atoms with van der Waals surface area (Å²) >= 11 is 0. The first kappa shape index (κ1) is 13.7. The summed E-state index contributed by atoms with van der Waals surface area (Å²) in [6.07, 6.45) is 0.987. The van der Waals surface area contributed by atoms with Gasteiger partial charge in [-0.15, -0.1) is 0 Å². The summed E-state index contributed by atoms with van der Waals surface area (Å²) < 4.78 is 2.42. The Morgan fingerprint density at radius 2 is 1.85 bits per heavy atom. The molecular formula is C17H25N3. The second-order valence-corrected chi connectivity index (χ2v) is 6.07. The summed E-state index contributed by atoms with van der Waals surface area (Å²) in [4.78, 5) is 2.37. The number of nitrogens with zero attached hydrogens (tertiary/aromatic N) is 2. The van der Waals surface area contributed by atoms with Gasteiger partial charge in [-0.05, 0) is 56.1 Å². The number of nitrogens with two attached hydrogens (primary N) is 1. The Kier molecular flexibility index (Phi) is 3.35. The van der Waals surface area contributed by atoms with Crippen molar-refractivity contribution in [2.24, 2.45) is 5.73 Å². The normalized spacial score (nSPS) is 16.9. The maximum Gasteiger partial charge on any atom is 0.0489 e. The molecule has 0 spiro atoms. The predicted octanol–water partition coefficient (Wildman–Crippen LogP) is 3.32. The molecular weight excluding hydrogens is 246 g/mol. The van der Waals surface area contributed by atoms with Crippen molar-refractivity contribution in [1.82, 2.24) is 9.47 Å². The Morgan fingerprint density at radius 1 is 1.20 bits per heavy atom. The van der Waals surface area contributed by atoms with E-state index in [-0.39, 0.29) is 6.04 Å². The van der Waals surface area contributed by atoms with Crippen LogP contribution in [0.5, 0.6) is 0 Å². The van der Waals surface area contributed by atoms with E-state index >= 15 is 0 Å². The Hall–Kier alpha value is -1.32. The van der Waals surface area contributed by atoms with Crippen molar-refractivity contribution in [2.75, 3.05) is 7.05 Å². The number of hydrogen-bond acceptors (Lipinski definition) is 2. The fraction of sp³-hybridized carbons (Fsp3) is 0.529. The third kappa shape index (κ3) is 1.88. The van der Waals surface area contributed by atoms with E-state index in [1.807, 2.05) is 0 Å². The van der Waals surface area contributed by atoms with Crippen LogP contribution in [0.15, 0.2) is 12.1 Å². The first-order chi connectivity index (χ1) is 9.56. The number of aryl methyl sites for hydroxylation is 1. The van der Waals surface area contributed by atoms with Gasteiger partial charge in [-0.25, -0.2) is 0 Å². The number of fused-ring (bicyclic) bond motifs is 2. The summed E-state index contributed by atoms with van der Waals surface area (Å²) in [6.45, 7) is 9.73. The SMILES string of the molecule is CCC(N)c1c(C)n(CC)c2cc3c(cc12)CN(C)C3. The molecule has 0 radical (unpaired) electrons. The molecule has 1 aliphatic rings. The molecule has 2 heterocycles. The Morgan fingerprint density at radius 3 is 2.45 bits per heavy atom. The quantitative estimate of drug-likeness (QED) is 0.929. The fourth-order valence-electron chi connectivity index (χ4n) is 3.65. The number of benzene rings is 1. The largest absolute Gasteiger partial charge is 0.345 e. The molecule has 0 bridgehead atoms. The topological polar surface area (TPSA) is 34.2 Å². The van der Waals surface area contributed by atoms with Gasteiger partial charge in [0, 0.05) is 42.3 Å². The standard InChI is InChI=1S/C17H25N3/c1-5-15(18)17-11(3)20(6-2)16-8-13-10-19(4)9-12(13)7-14(16)17/h7-8,15H,5-6,9-10,18H2,1-4H3. The van der Waals surface area contributed by atoms with Crippen LogP contribution < -0.4 is 5.73 Å². The summed E-state index contributed by atoms with van der Waals surface area (Å²) in [5.74, 6) is 0. The Labute approximate surface area is 121 Å². The van der Waals surface area contributed by atoms with Crippen LogP contribution in [0.1, 0.15) is 48.7 Å². The van der Waals surface area contributed by atoms with E-state index in [4.69, 9.17) is 5.73 Å². The van der Waals surface area contributed by atoms with E-state index in [9.17, 15) is 0 Å². The maximum absolute atomic E-state index is 6.38. The van der Waals surface area contributed by atoms with E-state index < -0.39 is 0 Å². The smallest absolute Gasteiger partial charge is 0.0489 e. The lowest BCUT2D eigenvalue weighted by Crippen LogP contribution is -2.10. The van der Waals surface area contributed by atoms with Crippen molar-refractivity contribution < 1.29 is 0 Å². The minimum atomic E-state index is 0.141. The zero-order valence-corrected chi connectivity index (χ0v) is 13.0. The predicted molar refractivity (Wildman–Crippen MR) is 84.7 cm³/mol. The number of aromatic nitrogens is 1. The number of rotatable bonds is 3. The third-order valence-corrected chi connectivity index (χ3v) is 4.70. The molecule has 1 unspecified atom stereocenters. The van der Waals surface area contributed by atoms with Gasteiger partial charge >= 0.3 is 0 Å². The maximum atomic E-state index is 6.38. The zero-order valence-electron chi connectivity index (χ0n) is 13.0. The van der Waals surface area contributed by atoms with Crippen LogP contribution in [0.3, 0.4) is 0 Å². The third-order valence-electron chi connectivity index (χ3n) is 4.70. The van der Waals surface area contributed by atoms with Crippen LogP contribution in [0.25, 0.3) is 10.9 Å². The van der Waals surface area contributed by atoms with Crippen LogP contribution in [0, 0.1) is 6.92 Å². The van der Waals surface area contributed by atoms with Crippen LogP contribution in [-0.4, -0.2) is 16.5 Å². The summed E-state index contributed by atoms with van der Waals surface area (Å²) in [5.41, 5.74) is 13.4. The van der Waals surface area contributed by atoms with Gasteiger partial charge in [-0.2, -0.15) is 0 Å². The van der Waals surface area contributed by atoms with E-state index in [2.05, 4.69) is 49.4 Å². The molecule has 1 aromatic carbocycles. The van der Waals surface area contributed by atoms with Crippen LogP contribution in [0.4, 0.5) is 0 Å². The molecule has 2 N–H and O–H groups in total. The van der Waals surface area contributed by atoms with Crippen molar-refractivity contribution in [2.45, 2.75) is 52.9 Å². The molecule has 1 aromatic heterocycles. The summed E-state index contributed by atoms with van der Waals surface area (Å²) in [7, 11) is 2.18. The van der Waals surface area contributed by atoms with Crippen molar-refractivity contribution in [3.05, 3.63) is 34.5 Å². The molecule has 20 heavy (non-hydrogen) atoms. The molecule has 3 nitrogen and oxygen atoms in total. The van der Waals surface area contributed by atoms with Crippen LogP contribution in [0.2, 0.25) is 0 Å². The molecule has 108 valence electrons. The highest BCUT2D eigenvalue weighted by Gasteiger charge is 2.22. The second kappa shape index (κ2) is 4.90. The molecule has 0 saturated carbocycles. The van der Waals surface area contributed by atoms with Gasteiger partial charge in [0.05, 0.1) is 0 Å². The molecule has 0 aliphatic carbocycles. The van der Waals surface area contributed by atoms with Crippen molar-refractivity contribution in [1.29, 1.82) is 0 Å². The fourth-order valence-corrected chi connectivity index (χ4v) is 3.65. The van der Waals surface area contributed by atoms with E-state index in [0.29, 0.717) is 0 Å². The zero-order chi connectivity index (χ0) is 14.4. The summed E-state index contributed by atoms with van der Waals surface area (Å²) in [5, 5.41) is 1.37. The van der Waals surface area contributed by atoms with Gasteiger partial charge in [0.25, 0.3) is 0 Å². The lowest BCUT2D eigenvalue weighted by Gasteiger charge is -2.10. The molecule has 0 saturated heterocycles.